The molecule has 1 atom stereocenters. The average Bonchev–Trinajstić information content (AvgIpc) is 2.74. The maximum atomic E-state index is 4.29. The summed E-state index contributed by atoms with van der Waals surface area (Å²) in [4.78, 5) is 0. The zero-order valence-corrected chi connectivity index (χ0v) is 11.0. The molecule has 3 rings (SSSR count). The molecule has 0 spiro atoms. The number of fused-ring (bicyclic) bond motifs is 1. The third kappa shape index (κ3) is 2.70. The normalized spacial score (nSPS) is 19.4. The Balaban J connectivity index is 0.000000722. The van der Waals surface area contributed by atoms with Gasteiger partial charge in [0, 0.05) is 18.7 Å². The van der Waals surface area contributed by atoms with Gasteiger partial charge in [0.15, 0.2) is 5.65 Å². The summed E-state index contributed by atoms with van der Waals surface area (Å²) in [5.41, 5.74) is 0.943. The fraction of sp³-hybridized carbons (Fsp3) is 0.455. The highest BCUT2D eigenvalue weighted by molar-refractivity contribution is 5.85. The molecule has 1 saturated heterocycles. The first-order chi connectivity index (χ1) is 7.45. The van der Waals surface area contributed by atoms with E-state index in [4.69, 9.17) is 0 Å². The second-order valence-electron chi connectivity index (χ2n) is 4.03. The van der Waals surface area contributed by atoms with E-state index in [0.717, 1.165) is 24.6 Å². The molecule has 94 valence electrons. The van der Waals surface area contributed by atoms with Crippen molar-refractivity contribution < 1.29 is 0 Å². The monoisotopic (exact) mass is 274 g/mol. The Kier molecular flexibility index (Phi) is 5.18. The second-order valence-corrected chi connectivity index (χ2v) is 4.03. The van der Waals surface area contributed by atoms with Crippen LogP contribution in [0.1, 0.15) is 24.6 Å². The van der Waals surface area contributed by atoms with Crippen LogP contribution in [-0.2, 0) is 0 Å². The quantitative estimate of drug-likeness (QED) is 0.866. The SMILES string of the molecule is Cl.Cl.c1ccn2c(C3CCCNC3)nnc2c1. The van der Waals surface area contributed by atoms with Crippen LogP contribution in [0, 0.1) is 0 Å². The molecule has 1 aliphatic rings. The maximum absolute atomic E-state index is 4.29. The molecule has 0 aromatic carbocycles. The topological polar surface area (TPSA) is 42.2 Å². The van der Waals surface area contributed by atoms with E-state index in [1.807, 2.05) is 24.4 Å². The second kappa shape index (κ2) is 6.19. The fourth-order valence-electron chi connectivity index (χ4n) is 2.21. The van der Waals surface area contributed by atoms with Gasteiger partial charge in [-0.05, 0) is 31.5 Å². The summed E-state index contributed by atoms with van der Waals surface area (Å²) in [5.74, 6) is 1.61. The Morgan fingerprint density at radius 1 is 1.24 bits per heavy atom. The maximum Gasteiger partial charge on any atom is 0.160 e. The van der Waals surface area contributed by atoms with Gasteiger partial charge in [0.2, 0.25) is 0 Å². The number of nitrogens with zero attached hydrogens (tertiary/aromatic N) is 3. The van der Waals surface area contributed by atoms with E-state index in [2.05, 4.69) is 19.9 Å². The molecule has 2 aromatic heterocycles. The summed E-state index contributed by atoms with van der Waals surface area (Å²) < 4.78 is 2.09. The van der Waals surface area contributed by atoms with Crippen LogP contribution >= 0.6 is 24.8 Å². The molecule has 1 aliphatic heterocycles. The lowest BCUT2D eigenvalue weighted by Crippen LogP contribution is -2.29. The van der Waals surface area contributed by atoms with E-state index in [-0.39, 0.29) is 24.8 Å². The first-order valence-electron chi connectivity index (χ1n) is 5.45. The van der Waals surface area contributed by atoms with Crippen molar-refractivity contribution in [2.24, 2.45) is 0 Å². The highest BCUT2D eigenvalue weighted by Gasteiger charge is 2.19. The number of hydrogen-bond acceptors (Lipinski definition) is 3. The van der Waals surface area contributed by atoms with Gasteiger partial charge in [-0.3, -0.25) is 4.40 Å². The van der Waals surface area contributed by atoms with Crippen molar-refractivity contribution in [3.8, 4) is 0 Å². The average molecular weight is 275 g/mol. The Labute approximate surface area is 113 Å². The standard InChI is InChI=1S/C11H14N4.2ClH/c1-2-7-15-10(5-1)13-14-11(15)9-4-3-6-12-8-9;;/h1-2,5,7,9,12H,3-4,6,8H2;2*1H. The van der Waals surface area contributed by atoms with Crippen molar-refractivity contribution in [1.29, 1.82) is 0 Å². The lowest BCUT2D eigenvalue weighted by atomic mass is 9.99. The lowest BCUT2D eigenvalue weighted by Gasteiger charge is -2.20. The predicted octanol–water partition coefficient (Wildman–Crippen LogP) is 2.04. The van der Waals surface area contributed by atoms with E-state index < -0.39 is 0 Å². The molecule has 0 aliphatic carbocycles. The van der Waals surface area contributed by atoms with Gasteiger partial charge in [0.05, 0.1) is 0 Å². The summed E-state index contributed by atoms with van der Waals surface area (Å²) in [6, 6.07) is 6.01. The first kappa shape index (κ1) is 14.2. The summed E-state index contributed by atoms with van der Waals surface area (Å²) in [5, 5.41) is 11.9. The zero-order chi connectivity index (χ0) is 10.1. The van der Waals surface area contributed by atoms with E-state index in [1.54, 1.807) is 0 Å². The van der Waals surface area contributed by atoms with Crippen LogP contribution in [0.25, 0.3) is 5.65 Å². The minimum Gasteiger partial charge on any atom is -0.316 e. The van der Waals surface area contributed by atoms with Crippen LogP contribution in [0.5, 0.6) is 0 Å². The van der Waals surface area contributed by atoms with Gasteiger partial charge in [0.1, 0.15) is 5.82 Å². The van der Waals surface area contributed by atoms with Crippen molar-refractivity contribution in [2.75, 3.05) is 13.1 Å². The van der Waals surface area contributed by atoms with Crippen LogP contribution in [-0.4, -0.2) is 27.7 Å². The third-order valence-electron chi connectivity index (χ3n) is 3.00. The van der Waals surface area contributed by atoms with E-state index >= 15 is 0 Å². The summed E-state index contributed by atoms with van der Waals surface area (Å²) in [6.45, 7) is 2.16. The van der Waals surface area contributed by atoms with Crippen LogP contribution in [0.15, 0.2) is 24.4 Å². The first-order valence-corrected chi connectivity index (χ1v) is 5.45. The summed E-state index contributed by atoms with van der Waals surface area (Å²) in [7, 11) is 0. The summed E-state index contributed by atoms with van der Waals surface area (Å²) in [6.07, 6.45) is 4.48. The molecular formula is C11H16Cl2N4. The Hall–Kier alpha value is -0.840. The van der Waals surface area contributed by atoms with Crippen molar-refractivity contribution in [1.82, 2.24) is 19.9 Å². The van der Waals surface area contributed by atoms with E-state index in [0.29, 0.717) is 5.92 Å². The number of piperidine rings is 1. The molecule has 1 N–H and O–H groups in total. The highest BCUT2D eigenvalue weighted by atomic mass is 35.5. The number of aromatic nitrogens is 3. The fourth-order valence-corrected chi connectivity index (χ4v) is 2.21. The molecule has 1 unspecified atom stereocenters. The lowest BCUT2D eigenvalue weighted by molar-refractivity contribution is 0.444. The molecule has 6 heteroatoms. The number of halogens is 2. The Bertz CT molecular complexity index is 465. The molecule has 4 nitrogen and oxygen atoms in total. The largest absolute Gasteiger partial charge is 0.316 e. The van der Waals surface area contributed by atoms with Crippen LogP contribution in [0.3, 0.4) is 0 Å². The number of hydrogen-bond donors (Lipinski definition) is 1. The van der Waals surface area contributed by atoms with Crippen molar-refractivity contribution in [3.05, 3.63) is 30.2 Å². The molecule has 2 aromatic rings. The Morgan fingerprint density at radius 2 is 2.12 bits per heavy atom. The highest BCUT2D eigenvalue weighted by Crippen LogP contribution is 2.21. The van der Waals surface area contributed by atoms with Crippen molar-refractivity contribution in [3.63, 3.8) is 0 Å². The van der Waals surface area contributed by atoms with Gasteiger partial charge in [-0.15, -0.1) is 35.0 Å². The van der Waals surface area contributed by atoms with Crippen LogP contribution in [0.2, 0.25) is 0 Å². The predicted molar refractivity (Wildman–Crippen MR) is 72.3 cm³/mol. The molecule has 0 bridgehead atoms. The number of nitrogens with one attached hydrogen (secondary N) is 1. The van der Waals surface area contributed by atoms with Crippen molar-refractivity contribution in [2.45, 2.75) is 18.8 Å². The summed E-state index contributed by atoms with van der Waals surface area (Å²) >= 11 is 0. The molecule has 0 radical (unpaired) electrons. The van der Waals surface area contributed by atoms with E-state index in [9.17, 15) is 0 Å². The smallest absolute Gasteiger partial charge is 0.160 e. The van der Waals surface area contributed by atoms with Crippen LogP contribution < -0.4 is 5.32 Å². The molecule has 1 fully saturated rings. The van der Waals surface area contributed by atoms with Gasteiger partial charge < -0.3 is 5.32 Å². The number of pyridine rings is 1. The molecule has 3 heterocycles. The Morgan fingerprint density at radius 3 is 2.88 bits per heavy atom. The molecule has 17 heavy (non-hydrogen) atoms. The van der Waals surface area contributed by atoms with Gasteiger partial charge in [-0.1, -0.05) is 6.07 Å². The number of rotatable bonds is 1. The van der Waals surface area contributed by atoms with Crippen molar-refractivity contribution >= 4 is 30.5 Å². The van der Waals surface area contributed by atoms with Crippen LogP contribution in [0.4, 0.5) is 0 Å². The van der Waals surface area contributed by atoms with E-state index in [1.165, 1.54) is 12.8 Å². The minimum absolute atomic E-state index is 0. The van der Waals surface area contributed by atoms with Gasteiger partial charge in [-0.2, -0.15) is 0 Å². The van der Waals surface area contributed by atoms with Gasteiger partial charge in [0.25, 0.3) is 0 Å². The van der Waals surface area contributed by atoms with Gasteiger partial charge >= 0.3 is 0 Å². The minimum atomic E-state index is 0. The molecular weight excluding hydrogens is 259 g/mol. The molecule has 0 saturated carbocycles. The molecule has 0 amide bonds. The third-order valence-corrected chi connectivity index (χ3v) is 3.00. The zero-order valence-electron chi connectivity index (χ0n) is 9.37. The van der Waals surface area contributed by atoms with Gasteiger partial charge in [-0.25, -0.2) is 0 Å².